The Morgan fingerprint density at radius 2 is 1.55 bits per heavy atom. The number of nitrogens with zero attached hydrogens (tertiary/aromatic N) is 1. The van der Waals surface area contributed by atoms with Crippen molar-refractivity contribution in [1.29, 1.82) is 0 Å². The van der Waals surface area contributed by atoms with Crippen molar-refractivity contribution in [2.24, 2.45) is 0 Å². The van der Waals surface area contributed by atoms with Crippen molar-refractivity contribution in [3.05, 3.63) is 35.4 Å². The summed E-state index contributed by atoms with van der Waals surface area (Å²) in [4.78, 5) is 2.45. The van der Waals surface area contributed by atoms with E-state index in [9.17, 15) is 0 Å². The van der Waals surface area contributed by atoms with Crippen molar-refractivity contribution in [3.8, 4) is 0 Å². The third-order valence-corrected chi connectivity index (χ3v) is 3.49. The quantitative estimate of drug-likeness (QED) is 0.703. The second-order valence-corrected chi connectivity index (χ2v) is 5.82. The summed E-state index contributed by atoms with van der Waals surface area (Å²) >= 11 is 0. The van der Waals surface area contributed by atoms with E-state index in [1.54, 1.807) is 0 Å². The van der Waals surface area contributed by atoms with Crippen LogP contribution in [0.1, 0.15) is 38.8 Å². The molecule has 0 radical (unpaired) electrons. The summed E-state index contributed by atoms with van der Waals surface area (Å²) in [5.41, 5.74) is 2.55. The van der Waals surface area contributed by atoms with E-state index in [4.69, 9.17) is 4.74 Å². The predicted molar refractivity (Wildman–Crippen MR) is 85.8 cm³/mol. The second-order valence-electron chi connectivity index (χ2n) is 5.82. The van der Waals surface area contributed by atoms with Crippen LogP contribution in [0.4, 0.5) is 0 Å². The van der Waals surface area contributed by atoms with E-state index >= 15 is 0 Å². The monoisotopic (exact) mass is 278 g/mol. The van der Waals surface area contributed by atoms with E-state index < -0.39 is 0 Å². The molecular weight excluding hydrogens is 248 g/mol. The first kappa shape index (κ1) is 17.2. The third kappa shape index (κ3) is 6.04. The molecule has 3 heteroatoms. The van der Waals surface area contributed by atoms with Crippen LogP contribution >= 0.6 is 0 Å². The molecule has 114 valence electrons. The minimum atomic E-state index is 0.569. The van der Waals surface area contributed by atoms with Gasteiger partial charge in [-0.3, -0.25) is 4.90 Å². The molecule has 0 bridgehead atoms. The van der Waals surface area contributed by atoms with Crippen LogP contribution in [0.2, 0.25) is 0 Å². The van der Waals surface area contributed by atoms with Gasteiger partial charge in [0.15, 0.2) is 0 Å². The number of hydrogen-bond acceptors (Lipinski definition) is 3. The van der Waals surface area contributed by atoms with Crippen molar-refractivity contribution >= 4 is 0 Å². The molecule has 1 N–H and O–H groups in total. The van der Waals surface area contributed by atoms with Crippen molar-refractivity contribution in [2.45, 2.75) is 52.9 Å². The van der Waals surface area contributed by atoms with Gasteiger partial charge in [0.25, 0.3) is 0 Å². The molecule has 0 unspecified atom stereocenters. The first-order chi connectivity index (χ1) is 9.54. The molecule has 0 aliphatic rings. The molecule has 0 atom stereocenters. The van der Waals surface area contributed by atoms with E-state index in [1.807, 2.05) is 7.05 Å². The molecule has 0 aliphatic carbocycles. The molecule has 0 fully saturated rings. The Morgan fingerprint density at radius 3 is 2.05 bits per heavy atom. The first-order valence-electron chi connectivity index (χ1n) is 7.60. The Kier molecular flexibility index (Phi) is 7.82. The maximum Gasteiger partial charge on any atom is 0.0717 e. The molecular formula is C17H30N2O. The Morgan fingerprint density at radius 1 is 1.00 bits per heavy atom. The molecule has 3 nitrogen and oxygen atoms in total. The van der Waals surface area contributed by atoms with Gasteiger partial charge in [-0.1, -0.05) is 24.3 Å². The van der Waals surface area contributed by atoms with Gasteiger partial charge in [-0.25, -0.2) is 0 Å². The lowest BCUT2D eigenvalue weighted by atomic mass is 10.1. The van der Waals surface area contributed by atoms with Crippen LogP contribution in [0.15, 0.2) is 24.3 Å². The van der Waals surface area contributed by atoms with Crippen LogP contribution in [-0.4, -0.2) is 37.2 Å². The van der Waals surface area contributed by atoms with Crippen LogP contribution < -0.4 is 5.32 Å². The van der Waals surface area contributed by atoms with Crippen LogP contribution in [0.25, 0.3) is 0 Å². The second kappa shape index (κ2) is 9.11. The average molecular weight is 278 g/mol. The molecule has 1 aromatic rings. The van der Waals surface area contributed by atoms with E-state index in [2.05, 4.69) is 62.2 Å². The van der Waals surface area contributed by atoms with Gasteiger partial charge in [0.2, 0.25) is 0 Å². The molecule has 1 aromatic carbocycles. The number of hydrogen-bond donors (Lipinski definition) is 1. The lowest BCUT2D eigenvalue weighted by Gasteiger charge is -2.30. The van der Waals surface area contributed by atoms with Crippen molar-refractivity contribution in [2.75, 3.05) is 20.2 Å². The summed E-state index contributed by atoms with van der Waals surface area (Å²) in [6, 6.07) is 9.75. The Hall–Kier alpha value is -0.900. The highest BCUT2D eigenvalue weighted by Crippen LogP contribution is 2.07. The van der Waals surface area contributed by atoms with Gasteiger partial charge < -0.3 is 10.1 Å². The topological polar surface area (TPSA) is 24.5 Å². The highest BCUT2D eigenvalue weighted by Gasteiger charge is 2.12. The number of benzene rings is 1. The van der Waals surface area contributed by atoms with Crippen LogP contribution in [0.3, 0.4) is 0 Å². The Labute approximate surface area is 124 Å². The molecule has 1 rings (SSSR count). The zero-order valence-corrected chi connectivity index (χ0v) is 13.6. The fourth-order valence-corrected chi connectivity index (χ4v) is 2.43. The number of rotatable bonds is 9. The smallest absolute Gasteiger partial charge is 0.0717 e. The molecule has 0 saturated carbocycles. The molecule has 0 saturated heterocycles. The van der Waals surface area contributed by atoms with Gasteiger partial charge in [-0.05, 0) is 45.9 Å². The predicted octanol–water partition coefficient (Wildman–Crippen LogP) is 3.04. The molecule has 0 aliphatic heterocycles. The third-order valence-electron chi connectivity index (χ3n) is 3.49. The molecule has 20 heavy (non-hydrogen) atoms. The lowest BCUT2D eigenvalue weighted by Crippen LogP contribution is -2.39. The van der Waals surface area contributed by atoms with Crippen molar-refractivity contribution in [1.82, 2.24) is 10.2 Å². The SMILES string of the molecule is CNCc1ccc(COCCN(C(C)C)C(C)C)cc1. The van der Waals surface area contributed by atoms with E-state index in [0.717, 1.165) is 19.7 Å². The van der Waals surface area contributed by atoms with E-state index in [1.165, 1.54) is 11.1 Å². The van der Waals surface area contributed by atoms with Gasteiger partial charge >= 0.3 is 0 Å². The average Bonchev–Trinajstić information content (AvgIpc) is 2.40. The van der Waals surface area contributed by atoms with Crippen LogP contribution in [0, 0.1) is 0 Å². The van der Waals surface area contributed by atoms with Crippen molar-refractivity contribution < 1.29 is 4.74 Å². The first-order valence-corrected chi connectivity index (χ1v) is 7.60. The summed E-state index contributed by atoms with van der Waals surface area (Å²) in [7, 11) is 1.96. The Bertz CT molecular complexity index is 352. The molecule has 0 heterocycles. The number of ether oxygens (including phenoxy) is 1. The minimum absolute atomic E-state index is 0.569. The summed E-state index contributed by atoms with van der Waals surface area (Å²) in [5, 5.41) is 3.15. The zero-order chi connectivity index (χ0) is 15.0. The van der Waals surface area contributed by atoms with Gasteiger partial charge in [-0.15, -0.1) is 0 Å². The molecule has 0 aromatic heterocycles. The van der Waals surface area contributed by atoms with E-state index in [-0.39, 0.29) is 0 Å². The van der Waals surface area contributed by atoms with Crippen molar-refractivity contribution in [3.63, 3.8) is 0 Å². The van der Waals surface area contributed by atoms with Gasteiger partial charge in [0, 0.05) is 25.2 Å². The van der Waals surface area contributed by atoms with Crippen LogP contribution in [-0.2, 0) is 17.9 Å². The standard InChI is InChI=1S/C17H30N2O/c1-14(2)19(15(3)4)10-11-20-13-17-8-6-16(7-9-17)12-18-5/h6-9,14-15,18H,10-13H2,1-5H3. The fourth-order valence-electron chi connectivity index (χ4n) is 2.43. The van der Waals surface area contributed by atoms with Crippen LogP contribution in [0.5, 0.6) is 0 Å². The fraction of sp³-hybridized carbons (Fsp3) is 0.647. The Balaban J connectivity index is 2.30. The van der Waals surface area contributed by atoms with E-state index in [0.29, 0.717) is 18.7 Å². The number of nitrogens with one attached hydrogen (secondary N) is 1. The minimum Gasteiger partial charge on any atom is -0.375 e. The largest absolute Gasteiger partial charge is 0.375 e. The summed E-state index contributed by atoms with van der Waals surface area (Å²) in [6.07, 6.45) is 0. The van der Waals surface area contributed by atoms with Gasteiger partial charge in [0.1, 0.15) is 0 Å². The summed E-state index contributed by atoms with van der Waals surface area (Å²) in [6.45, 7) is 12.3. The highest BCUT2D eigenvalue weighted by molar-refractivity contribution is 5.21. The lowest BCUT2D eigenvalue weighted by molar-refractivity contribution is 0.0699. The molecule has 0 amide bonds. The highest BCUT2D eigenvalue weighted by atomic mass is 16.5. The van der Waals surface area contributed by atoms with Gasteiger partial charge in [0.05, 0.1) is 13.2 Å². The molecule has 0 spiro atoms. The maximum atomic E-state index is 5.79. The maximum absolute atomic E-state index is 5.79. The van der Waals surface area contributed by atoms with Gasteiger partial charge in [-0.2, -0.15) is 0 Å². The summed E-state index contributed by atoms with van der Waals surface area (Å²) in [5.74, 6) is 0. The zero-order valence-electron chi connectivity index (χ0n) is 13.6. The summed E-state index contributed by atoms with van der Waals surface area (Å²) < 4.78 is 5.79. The normalized spacial score (nSPS) is 11.8.